The van der Waals surface area contributed by atoms with Gasteiger partial charge in [-0.3, -0.25) is 0 Å². The monoisotopic (exact) mass is 300 g/mol. The third-order valence-electron chi connectivity index (χ3n) is 3.72. The number of halogens is 1. The van der Waals surface area contributed by atoms with Crippen LogP contribution in [0, 0.1) is 10.6 Å². The van der Waals surface area contributed by atoms with E-state index in [0.29, 0.717) is 17.2 Å². The minimum absolute atomic E-state index is 0.257. The Bertz CT molecular complexity index is 828. The topological polar surface area (TPSA) is 20.7 Å². The number of aromatic nitrogens is 2. The van der Waals surface area contributed by atoms with Gasteiger partial charge < -0.3 is 9.55 Å². The van der Waals surface area contributed by atoms with Crippen LogP contribution >= 0.6 is 12.2 Å². The van der Waals surface area contributed by atoms with Crippen LogP contribution in [0.15, 0.2) is 42.5 Å². The first-order valence-corrected chi connectivity index (χ1v) is 7.42. The smallest absolute Gasteiger partial charge is 0.178 e. The second kappa shape index (κ2) is 5.45. The molecule has 0 aliphatic rings. The number of rotatable bonds is 3. The fraction of sp³-hybridized carbons (Fsp3) is 0.235. The number of H-pyrrole nitrogens is 1. The third kappa shape index (κ3) is 2.76. The molecule has 2 aromatic carbocycles. The average Bonchev–Trinajstić information content (AvgIpc) is 2.75. The number of imidazole rings is 1. The van der Waals surface area contributed by atoms with Crippen LogP contribution in [0.5, 0.6) is 0 Å². The highest BCUT2D eigenvalue weighted by atomic mass is 32.1. The predicted octanol–water partition coefficient (Wildman–Crippen LogP) is 5.01. The summed E-state index contributed by atoms with van der Waals surface area (Å²) in [6.07, 6.45) is 0. The van der Waals surface area contributed by atoms with Crippen molar-refractivity contribution in [3.63, 3.8) is 0 Å². The Hall–Kier alpha value is -1.94. The first kappa shape index (κ1) is 14.0. The number of hydrogen-bond acceptors (Lipinski definition) is 1. The van der Waals surface area contributed by atoms with Crippen LogP contribution in [0.25, 0.3) is 11.0 Å². The number of nitrogens with one attached hydrogen (secondary N) is 1. The van der Waals surface area contributed by atoms with Crippen LogP contribution in [0.4, 0.5) is 4.39 Å². The van der Waals surface area contributed by atoms with Gasteiger partial charge in [0, 0.05) is 0 Å². The lowest BCUT2D eigenvalue weighted by atomic mass is 10.0. The number of hydrogen-bond donors (Lipinski definition) is 1. The maximum atomic E-state index is 13.3. The summed E-state index contributed by atoms with van der Waals surface area (Å²) in [5.41, 5.74) is 4.16. The van der Waals surface area contributed by atoms with E-state index in [4.69, 9.17) is 12.2 Å². The Morgan fingerprint density at radius 2 is 1.86 bits per heavy atom. The van der Waals surface area contributed by atoms with Crippen molar-refractivity contribution < 1.29 is 4.39 Å². The van der Waals surface area contributed by atoms with Crippen LogP contribution in [0.2, 0.25) is 0 Å². The molecule has 3 aromatic rings. The largest absolute Gasteiger partial charge is 0.330 e. The summed E-state index contributed by atoms with van der Waals surface area (Å²) in [6, 6.07) is 13.3. The van der Waals surface area contributed by atoms with Gasteiger partial charge in [-0.15, -0.1) is 0 Å². The molecule has 0 atom stereocenters. The van der Waals surface area contributed by atoms with E-state index in [1.807, 2.05) is 4.57 Å². The van der Waals surface area contributed by atoms with E-state index in [1.54, 1.807) is 6.07 Å². The second-order valence-electron chi connectivity index (χ2n) is 5.57. The molecule has 0 spiro atoms. The fourth-order valence-electron chi connectivity index (χ4n) is 2.48. The molecule has 0 saturated carbocycles. The van der Waals surface area contributed by atoms with E-state index in [2.05, 4.69) is 43.1 Å². The summed E-state index contributed by atoms with van der Waals surface area (Å²) in [4.78, 5) is 3.06. The van der Waals surface area contributed by atoms with Gasteiger partial charge in [-0.2, -0.15) is 0 Å². The van der Waals surface area contributed by atoms with Crippen LogP contribution in [0.3, 0.4) is 0 Å². The van der Waals surface area contributed by atoms with Gasteiger partial charge in [0.1, 0.15) is 5.82 Å². The zero-order valence-corrected chi connectivity index (χ0v) is 12.9. The molecule has 2 nitrogen and oxygen atoms in total. The molecule has 0 radical (unpaired) electrons. The van der Waals surface area contributed by atoms with Crippen molar-refractivity contribution in [1.29, 1.82) is 0 Å². The Morgan fingerprint density at radius 3 is 2.52 bits per heavy atom. The quantitative estimate of drug-likeness (QED) is 0.674. The first-order chi connectivity index (χ1) is 10.0. The molecule has 0 unspecified atom stereocenters. The SMILES string of the molecule is CC(C)c1ccc(Cn2c(=S)[nH]c3cc(F)ccc32)cc1. The number of fused-ring (bicyclic) bond motifs is 1. The van der Waals surface area contributed by atoms with Crippen molar-refractivity contribution in [1.82, 2.24) is 9.55 Å². The molecule has 21 heavy (non-hydrogen) atoms. The molecule has 0 fully saturated rings. The van der Waals surface area contributed by atoms with E-state index < -0.39 is 0 Å². The van der Waals surface area contributed by atoms with Crippen molar-refractivity contribution in [3.05, 3.63) is 64.2 Å². The second-order valence-corrected chi connectivity index (χ2v) is 5.96. The minimum Gasteiger partial charge on any atom is -0.330 e. The molecule has 1 heterocycles. The lowest BCUT2D eigenvalue weighted by Gasteiger charge is -2.08. The maximum absolute atomic E-state index is 13.3. The maximum Gasteiger partial charge on any atom is 0.178 e. The highest BCUT2D eigenvalue weighted by Crippen LogP contribution is 2.19. The van der Waals surface area contributed by atoms with Crippen LogP contribution in [0.1, 0.15) is 30.9 Å². The van der Waals surface area contributed by atoms with Crippen LogP contribution in [-0.2, 0) is 6.54 Å². The van der Waals surface area contributed by atoms with Gasteiger partial charge in [-0.25, -0.2) is 4.39 Å². The van der Waals surface area contributed by atoms with Crippen molar-refractivity contribution in [2.75, 3.05) is 0 Å². The zero-order chi connectivity index (χ0) is 15.0. The molecule has 0 bridgehead atoms. The van der Waals surface area contributed by atoms with Crippen molar-refractivity contribution >= 4 is 23.3 Å². The Morgan fingerprint density at radius 1 is 1.14 bits per heavy atom. The summed E-state index contributed by atoms with van der Waals surface area (Å²) in [5, 5.41) is 0. The number of nitrogens with zero attached hydrogens (tertiary/aromatic N) is 1. The van der Waals surface area contributed by atoms with Crippen LogP contribution < -0.4 is 0 Å². The molecule has 1 aromatic heterocycles. The summed E-state index contributed by atoms with van der Waals surface area (Å²) in [7, 11) is 0. The third-order valence-corrected chi connectivity index (χ3v) is 4.05. The van der Waals surface area contributed by atoms with E-state index >= 15 is 0 Å². The summed E-state index contributed by atoms with van der Waals surface area (Å²) in [5.74, 6) is 0.268. The Kier molecular flexibility index (Phi) is 3.64. The lowest BCUT2D eigenvalue weighted by Crippen LogP contribution is -2.00. The molecule has 0 aliphatic carbocycles. The molecule has 0 amide bonds. The van der Waals surface area contributed by atoms with Gasteiger partial charge >= 0.3 is 0 Å². The van der Waals surface area contributed by atoms with Gasteiger partial charge in [0.25, 0.3) is 0 Å². The van der Waals surface area contributed by atoms with Crippen molar-refractivity contribution in [3.8, 4) is 0 Å². The predicted molar refractivity (Wildman–Crippen MR) is 86.7 cm³/mol. The van der Waals surface area contributed by atoms with Gasteiger partial charge in [0.05, 0.1) is 17.6 Å². The van der Waals surface area contributed by atoms with E-state index in [9.17, 15) is 4.39 Å². The number of aromatic amines is 1. The Balaban J connectivity index is 1.98. The molecular formula is C17H17FN2S. The van der Waals surface area contributed by atoms with E-state index in [-0.39, 0.29) is 5.82 Å². The molecule has 0 saturated heterocycles. The molecule has 4 heteroatoms. The zero-order valence-electron chi connectivity index (χ0n) is 12.1. The van der Waals surface area contributed by atoms with Crippen molar-refractivity contribution in [2.24, 2.45) is 0 Å². The molecular weight excluding hydrogens is 283 g/mol. The average molecular weight is 300 g/mol. The van der Waals surface area contributed by atoms with Gasteiger partial charge in [0.2, 0.25) is 0 Å². The fourth-order valence-corrected chi connectivity index (χ4v) is 2.76. The molecule has 1 N–H and O–H groups in total. The molecule has 0 aliphatic heterocycles. The Labute approximate surface area is 128 Å². The minimum atomic E-state index is -0.257. The van der Waals surface area contributed by atoms with Gasteiger partial charge in [-0.05, 0) is 47.5 Å². The normalized spacial score (nSPS) is 11.4. The number of benzene rings is 2. The lowest BCUT2D eigenvalue weighted by molar-refractivity contribution is 0.629. The standard InChI is InChI=1S/C17H17FN2S/c1-11(2)13-5-3-12(4-6-13)10-20-16-8-7-14(18)9-15(16)19-17(20)21/h3-9,11H,10H2,1-2H3,(H,19,21). The molecule has 3 rings (SSSR count). The van der Waals surface area contributed by atoms with E-state index in [0.717, 1.165) is 11.0 Å². The summed E-state index contributed by atoms with van der Waals surface area (Å²) in [6.45, 7) is 5.04. The first-order valence-electron chi connectivity index (χ1n) is 7.01. The van der Waals surface area contributed by atoms with Gasteiger partial charge in [-0.1, -0.05) is 38.1 Å². The van der Waals surface area contributed by atoms with E-state index in [1.165, 1.54) is 23.3 Å². The molecule has 108 valence electrons. The summed E-state index contributed by atoms with van der Waals surface area (Å²) < 4.78 is 15.9. The highest BCUT2D eigenvalue weighted by molar-refractivity contribution is 7.71. The highest BCUT2D eigenvalue weighted by Gasteiger charge is 2.06. The van der Waals surface area contributed by atoms with Crippen molar-refractivity contribution in [2.45, 2.75) is 26.3 Å². The van der Waals surface area contributed by atoms with Gasteiger partial charge in [0.15, 0.2) is 4.77 Å². The van der Waals surface area contributed by atoms with Crippen LogP contribution in [-0.4, -0.2) is 9.55 Å². The summed E-state index contributed by atoms with van der Waals surface area (Å²) >= 11 is 5.35.